The van der Waals surface area contributed by atoms with Crippen LogP contribution in [0.3, 0.4) is 0 Å². The molecule has 6 nitrogen and oxygen atoms in total. The van der Waals surface area contributed by atoms with Crippen molar-refractivity contribution in [1.82, 2.24) is 15.1 Å². The van der Waals surface area contributed by atoms with E-state index in [4.69, 9.17) is 4.74 Å². The molecular weight excluding hydrogens is 258 g/mol. The van der Waals surface area contributed by atoms with Crippen molar-refractivity contribution in [3.63, 3.8) is 0 Å². The first kappa shape index (κ1) is 16.8. The van der Waals surface area contributed by atoms with Crippen LogP contribution in [0, 0.1) is 0 Å². The van der Waals surface area contributed by atoms with E-state index in [1.807, 2.05) is 23.6 Å². The first-order chi connectivity index (χ1) is 9.62. The number of nitrogens with zero attached hydrogens (tertiary/aromatic N) is 2. The highest BCUT2D eigenvalue weighted by Crippen LogP contribution is 2.12. The molecule has 0 saturated carbocycles. The maximum absolute atomic E-state index is 12.2. The lowest BCUT2D eigenvalue weighted by Crippen LogP contribution is -2.50. The molecule has 1 aliphatic rings. The van der Waals surface area contributed by atoms with Crippen LogP contribution in [0.1, 0.15) is 33.1 Å². The fourth-order valence-electron chi connectivity index (χ4n) is 2.40. The maximum Gasteiger partial charge on any atom is 0.319 e. The summed E-state index contributed by atoms with van der Waals surface area (Å²) in [6.07, 6.45) is 2.05. The van der Waals surface area contributed by atoms with Crippen molar-refractivity contribution in [1.29, 1.82) is 0 Å². The van der Waals surface area contributed by atoms with Crippen molar-refractivity contribution in [3.8, 4) is 0 Å². The van der Waals surface area contributed by atoms with Gasteiger partial charge in [0, 0.05) is 45.8 Å². The van der Waals surface area contributed by atoms with Gasteiger partial charge in [-0.05, 0) is 26.7 Å². The number of carbonyl (C=O) groups excluding carboxylic acids is 2. The molecule has 1 heterocycles. The molecule has 0 aromatic carbocycles. The highest BCUT2D eigenvalue weighted by Gasteiger charge is 2.25. The number of nitrogens with one attached hydrogen (secondary N) is 1. The molecule has 0 radical (unpaired) electrons. The third-order valence-corrected chi connectivity index (χ3v) is 3.70. The number of carbonyl (C=O) groups is 2. The third kappa shape index (κ3) is 5.00. The van der Waals surface area contributed by atoms with E-state index in [0.29, 0.717) is 26.1 Å². The summed E-state index contributed by atoms with van der Waals surface area (Å²) in [5.74, 6) is 0.0281. The molecule has 0 aromatic heterocycles. The van der Waals surface area contributed by atoms with E-state index < -0.39 is 0 Å². The number of ether oxygens (including phenoxy) is 1. The normalized spacial score (nSPS) is 16.1. The monoisotopic (exact) mass is 285 g/mol. The molecule has 1 fully saturated rings. The van der Waals surface area contributed by atoms with Crippen molar-refractivity contribution in [3.05, 3.63) is 0 Å². The van der Waals surface area contributed by atoms with Crippen LogP contribution in [-0.4, -0.2) is 67.7 Å². The Morgan fingerprint density at radius 3 is 2.35 bits per heavy atom. The van der Waals surface area contributed by atoms with Crippen molar-refractivity contribution >= 4 is 11.9 Å². The van der Waals surface area contributed by atoms with Gasteiger partial charge in [-0.1, -0.05) is 0 Å². The summed E-state index contributed by atoms with van der Waals surface area (Å²) in [5, 5.41) is 3.00. The van der Waals surface area contributed by atoms with Crippen molar-refractivity contribution < 1.29 is 14.3 Å². The van der Waals surface area contributed by atoms with Crippen molar-refractivity contribution in [2.45, 2.75) is 39.2 Å². The minimum atomic E-state index is 0.0281. The Balaban J connectivity index is 2.32. The number of urea groups is 1. The number of amides is 3. The fourth-order valence-corrected chi connectivity index (χ4v) is 2.40. The Labute approximate surface area is 121 Å². The summed E-state index contributed by atoms with van der Waals surface area (Å²) in [4.78, 5) is 27.5. The smallest absolute Gasteiger partial charge is 0.319 e. The van der Waals surface area contributed by atoms with Gasteiger partial charge in [0.15, 0.2) is 0 Å². The standard InChI is InChI=1S/C14H27N3O3/c1-4-16(5-2)14(19)17-9-6-12(7-10-17)15-13(18)8-11-20-3/h12H,4-11H2,1-3H3,(H,15,18). The molecular formula is C14H27N3O3. The van der Waals surface area contributed by atoms with Gasteiger partial charge in [0.25, 0.3) is 0 Å². The minimum absolute atomic E-state index is 0.0281. The summed E-state index contributed by atoms with van der Waals surface area (Å²) in [6, 6.07) is 0.291. The minimum Gasteiger partial charge on any atom is -0.384 e. The molecule has 0 bridgehead atoms. The molecule has 0 aromatic rings. The van der Waals surface area contributed by atoms with Gasteiger partial charge < -0.3 is 19.9 Å². The van der Waals surface area contributed by atoms with Crippen molar-refractivity contribution in [2.24, 2.45) is 0 Å². The zero-order valence-electron chi connectivity index (χ0n) is 12.9. The summed E-state index contributed by atoms with van der Waals surface area (Å²) in [6.45, 7) is 7.33. The van der Waals surface area contributed by atoms with Crippen LogP contribution in [0.2, 0.25) is 0 Å². The molecule has 1 rings (SSSR count). The highest BCUT2D eigenvalue weighted by molar-refractivity contribution is 5.76. The fraction of sp³-hybridized carbons (Fsp3) is 0.857. The predicted octanol–water partition coefficient (Wildman–Crippen LogP) is 1.07. The number of piperidine rings is 1. The van der Waals surface area contributed by atoms with Crippen LogP contribution in [-0.2, 0) is 9.53 Å². The predicted molar refractivity (Wildman–Crippen MR) is 77.5 cm³/mol. The lowest BCUT2D eigenvalue weighted by Gasteiger charge is -2.35. The zero-order chi connectivity index (χ0) is 15.0. The second-order valence-electron chi connectivity index (χ2n) is 5.03. The molecule has 1 N–H and O–H groups in total. The maximum atomic E-state index is 12.2. The van der Waals surface area contributed by atoms with Crippen LogP contribution in [0.4, 0.5) is 4.79 Å². The van der Waals surface area contributed by atoms with E-state index in [-0.39, 0.29) is 18.0 Å². The average Bonchev–Trinajstić information content (AvgIpc) is 2.47. The van der Waals surface area contributed by atoms with E-state index in [1.54, 1.807) is 7.11 Å². The van der Waals surface area contributed by atoms with Gasteiger partial charge in [-0.2, -0.15) is 0 Å². The van der Waals surface area contributed by atoms with Gasteiger partial charge in [-0.15, -0.1) is 0 Å². The molecule has 0 aliphatic carbocycles. The van der Waals surface area contributed by atoms with Gasteiger partial charge in [-0.3, -0.25) is 4.79 Å². The second-order valence-corrected chi connectivity index (χ2v) is 5.03. The van der Waals surface area contributed by atoms with E-state index >= 15 is 0 Å². The van der Waals surface area contributed by atoms with E-state index in [0.717, 1.165) is 25.9 Å². The molecule has 3 amide bonds. The topological polar surface area (TPSA) is 61.9 Å². The van der Waals surface area contributed by atoms with Gasteiger partial charge in [0.05, 0.1) is 6.61 Å². The molecule has 0 atom stereocenters. The van der Waals surface area contributed by atoms with E-state index in [9.17, 15) is 9.59 Å². The first-order valence-corrected chi connectivity index (χ1v) is 7.44. The molecule has 0 spiro atoms. The van der Waals surface area contributed by atoms with Crippen LogP contribution in [0.5, 0.6) is 0 Å². The highest BCUT2D eigenvalue weighted by atomic mass is 16.5. The van der Waals surface area contributed by atoms with Gasteiger partial charge in [0.2, 0.25) is 5.91 Å². The van der Waals surface area contributed by atoms with Crippen molar-refractivity contribution in [2.75, 3.05) is 39.9 Å². The van der Waals surface area contributed by atoms with Crippen LogP contribution < -0.4 is 5.32 Å². The quantitative estimate of drug-likeness (QED) is 0.794. The van der Waals surface area contributed by atoms with Crippen LogP contribution in [0.25, 0.3) is 0 Å². The van der Waals surface area contributed by atoms with Gasteiger partial charge in [0.1, 0.15) is 0 Å². The lowest BCUT2D eigenvalue weighted by atomic mass is 10.1. The zero-order valence-corrected chi connectivity index (χ0v) is 12.9. The Kier molecular flexibility index (Phi) is 7.36. The molecule has 20 heavy (non-hydrogen) atoms. The summed E-state index contributed by atoms with van der Waals surface area (Å²) >= 11 is 0. The SMILES string of the molecule is CCN(CC)C(=O)N1CCC(NC(=O)CCOC)CC1. The first-order valence-electron chi connectivity index (χ1n) is 7.44. The molecule has 6 heteroatoms. The third-order valence-electron chi connectivity index (χ3n) is 3.70. The summed E-state index contributed by atoms with van der Waals surface area (Å²) in [5.41, 5.74) is 0. The number of methoxy groups -OCH3 is 1. The van der Waals surface area contributed by atoms with Crippen LogP contribution >= 0.6 is 0 Å². The second kappa shape index (κ2) is 8.79. The van der Waals surface area contributed by atoms with E-state index in [1.165, 1.54) is 0 Å². The molecule has 1 aliphatic heterocycles. The Hall–Kier alpha value is -1.30. The average molecular weight is 285 g/mol. The number of hydrogen-bond donors (Lipinski definition) is 1. The molecule has 116 valence electrons. The largest absolute Gasteiger partial charge is 0.384 e. The Morgan fingerprint density at radius 1 is 1.25 bits per heavy atom. The Morgan fingerprint density at radius 2 is 1.85 bits per heavy atom. The summed E-state index contributed by atoms with van der Waals surface area (Å²) in [7, 11) is 1.59. The molecule has 1 saturated heterocycles. The van der Waals surface area contributed by atoms with Crippen LogP contribution in [0.15, 0.2) is 0 Å². The van der Waals surface area contributed by atoms with Gasteiger partial charge in [-0.25, -0.2) is 4.79 Å². The molecule has 0 unspecified atom stereocenters. The summed E-state index contributed by atoms with van der Waals surface area (Å²) < 4.78 is 4.88. The Bertz CT molecular complexity index is 311. The number of hydrogen-bond acceptors (Lipinski definition) is 3. The van der Waals surface area contributed by atoms with Gasteiger partial charge >= 0.3 is 6.03 Å². The van der Waals surface area contributed by atoms with E-state index in [2.05, 4.69) is 5.32 Å². The number of likely N-dealkylation sites (tertiary alicyclic amines) is 1. The lowest BCUT2D eigenvalue weighted by molar-refractivity contribution is -0.122. The number of rotatable bonds is 6.